The van der Waals surface area contributed by atoms with Crippen LogP contribution in [0.2, 0.25) is 0 Å². The van der Waals surface area contributed by atoms with Crippen molar-refractivity contribution >= 4 is 17.4 Å². The van der Waals surface area contributed by atoms with Crippen molar-refractivity contribution < 1.29 is 9.18 Å². The standard InChI is InChI=1S/C13H16FN5O/c1-4-15-12-10(5-9(14)6-16-12)13(20)17-11-7(2)18-19-8(11)3/h5-6H,4H2,1-3H3,(H,15,16)(H,17,20)(H,18,19). The summed E-state index contributed by atoms with van der Waals surface area (Å²) in [6, 6.07) is 1.16. The molecule has 2 heterocycles. The lowest BCUT2D eigenvalue weighted by atomic mass is 10.2. The molecule has 2 rings (SSSR count). The number of aromatic nitrogens is 3. The molecule has 0 aliphatic heterocycles. The van der Waals surface area contributed by atoms with Gasteiger partial charge in [0, 0.05) is 6.54 Å². The van der Waals surface area contributed by atoms with Crippen LogP contribution in [0.5, 0.6) is 0 Å². The summed E-state index contributed by atoms with van der Waals surface area (Å²) in [5.74, 6) is -0.636. The SMILES string of the molecule is CCNc1ncc(F)cc1C(=O)Nc1c(C)n[nH]c1C. The number of anilines is 2. The molecule has 0 saturated carbocycles. The van der Waals surface area contributed by atoms with Crippen LogP contribution in [0.1, 0.15) is 28.7 Å². The summed E-state index contributed by atoms with van der Waals surface area (Å²) in [6.07, 6.45) is 1.07. The van der Waals surface area contributed by atoms with Gasteiger partial charge in [-0.2, -0.15) is 5.10 Å². The summed E-state index contributed by atoms with van der Waals surface area (Å²) in [5.41, 5.74) is 2.17. The third-order valence-electron chi connectivity index (χ3n) is 2.81. The van der Waals surface area contributed by atoms with Gasteiger partial charge in [0.1, 0.15) is 11.6 Å². The van der Waals surface area contributed by atoms with Crippen molar-refractivity contribution in [2.45, 2.75) is 20.8 Å². The maximum atomic E-state index is 13.3. The van der Waals surface area contributed by atoms with Gasteiger partial charge in [0.2, 0.25) is 0 Å². The fourth-order valence-corrected chi connectivity index (χ4v) is 1.84. The number of carbonyl (C=O) groups is 1. The Morgan fingerprint density at radius 3 is 2.80 bits per heavy atom. The Morgan fingerprint density at radius 2 is 2.20 bits per heavy atom. The van der Waals surface area contributed by atoms with E-state index in [1.165, 1.54) is 0 Å². The number of nitrogens with zero attached hydrogens (tertiary/aromatic N) is 2. The van der Waals surface area contributed by atoms with Crippen molar-refractivity contribution in [2.75, 3.05) is 17.2 Å². The van der Waals surface area contributed by atoms with Crippen molar-refractivity contribution in [3.8, 4) is 0 Å². The Kier molecular flexibility index (Phi) is 3.97. The lowest BCUT2D eigenvalue weighted by Crippen LogP contribution is -2.17. The van der Waals surface area contributed by atoms with Gasteiger partial charge in [-0.25, -0.2) is 9.37 Å². The number of aryl methyl sites for hydroxylation is 2. The summed E-state index contributed by atoms with van der Waals surface area (Å²) in [7, 11) is 0. The van der Waals surface area contributed by atoms with Gasteiger partial charge in [0.15, 0.2) is 0 Å². The minimum atomic E-state index is -0.558. The number of nitrogens with one attached hydrogen (secondary N) is 3. The van der Waals surface area contributed by atoms with E-state index in [1.54, 1.807) is 13.8 Å². The number of amides is 1. The van der Waals surface area contributed by atoms with E-state index in [9.17, 15) is 9.18 Å². The molecule has 3 N–H and O–H groups in total. The van der Waals surface area contributed by atoms with Crippen LogP contribution >= 0.6 is 0 Å². The summed E-state index contributed by atoms with van der Waals surface area (Å²) in [5, 5.41) is 12.4. The van der Waals surface area contributed by atoms with E-state index in [4.69, 9.17) is 0 Å². The Labute approximate surface area is 115 Å². The topological polar surface area (TPSA) is 82.7 Å². The van der Waals surface area contributed by atoms with Crippen molar-refractivity contribution in [1.29, 1.82) is 0 Å². The van der Waals surface area contributed by atoms with Gasteiger partial charge in [-0.3, -0.25) is 9.89 Å². The summed E-state index contributed by atoms with van der Waals surface area (Å²) in [6.45, 7) is 6.03. The highest BCUT2D eigenvalue weighted by molar-refractivity contribution is 6.07. The molecule has 6 nitrogen and oxygen atoms in total. The predicted molar refractivity (Wildman–Crippen MR) is 74.4 cm³/mol. The number of carbonyl (C=O) groups excluding carboxylic acids is 1. The average Bonchev–Trinajstić information content (AvgIpc) is 2.73. The second-order valence-electron chi connectivity index (χ2n) is 4.34. The molecule has 0 aliphatic carbocycles. The van der Waals surface area contributed by atoms with Gasteiger partial charge < -0.3 is 10.6 Å². The van der Waals surface area contributed by atoms with Crippen molar-refractivity contribution in [2.24, 2.45) is 0 Å². The van der Waals surface area contributed by atoms with Crippen molar-refractivity contribution in [3.63, 3.8) is 0 Å². The third-order valence-corrected chi connectivity index (χ3v) is 2.81. The minimum Gasteiger partial charge on any atom is -0.370 e. The van der Waals surface area contributed by atoms with Gasteiger partial charge >= 0.3 is 0 Å². The highest BCUT2D eigenvalue weighted by Crippen LogP contribution is 2.20. The lowest BCUT2D eigenvalue weighted by Gasteiger charge is -2.10. The highest BCUT2D eigenvalue weighted by atomic mass is 19.1. The van der Waals surface area contributed by atoms with Gasteiger partial charge in [0.05, 0.1) is 28.8 Å². The lowest BCUT2D eigenvalue weighted by molar-refractivity contribution is 0.102. The van der Waals surface area contributed by atoms with Gasteiger partial charge in [-0.15, -0.1) is 0 Å². The molecule has 0 aliphatic rings. The normalized spacial score (nSPS) is 10.4. The van der Waals surface area contributed by atoms with Crippen LogP contribution in [0.3, 0.4) is 0 Å². The minimum absolute atomic E-state index is 0.159. The smallest absolute Gasteiger partial charge is 0.259 e. The Hall–Kier alpha value is -2.44. The number of aromatic amines is 1. The summed E-state index contributed by atoms with van der Waals surface area (Å²) < 4.78 is 13.3. The van der Waals surface area contributed by atoms with Crippen LogP contribution in [0, 0.1) is 19.7 Å². The maximum absolute atomic E-state index is 13.3. The molecule has 0 radical (unpaired) electrons. The van der Waals surface area contributed by atoms with Crippen molar-refractivity contribution in [3.05, 3.63) is 35.0 Å². The van der Waals surface area contributed by atoms with E-state index in [1.807, 2.05) is 6.92 Å². The zero-order valence-corrected chi connectivity index (χ0v) is 11.5. The molecule has 0 aromatic carbocycles. The average molecular weight is 277 g/mol. The Morgan fingerprint density at radius 1 is 1.45 bits per heavy atom. The molecular formula is C13H16FN5O. The van der Waals surface area contributed by atoms with E-state index >= 15 is 0 Å². The van der Waals surface area contributed by atoms with Crippen LogP contribution in [0.25, 0.3) is 0 Å². The molecule has 0 fully saturated rings. The highest BCUT2D eigenvalue weighted by Gasteiger charge is 2.16. The van der Waals surface area contributed by atoms with E-state index in [0.29, 0.717) is 23.7 Å². The van der Waals surface area contributed by atoms with Crippen LogP contribution in [-0.2, 0) is 0 Å². The molecular weight excluding hydrogens is 261 g/mol. The first-order valence-electron chi connectivity index (χ1n) is 6.25. The van der Waals surface area contributed by atoms with E-state index < -0.39 is 11.7 Å². The second-order valence-corrected chi connectivity index (χ2v) is 4.34. The van der Waals surface area contributed by atoms with E-state index in [-0.39, 0.29) is 5.56 Å². The fourth-order valence-electron chi connectivity index (χ4n) is 1.84. The number of H-pyrrole nitrogens is 1. The van der Waals surface area contributed by atoms with Gasteiger partial charge in [-0.1, -0.05) is 0 Å². The molecule has 7 heteroatoms. The molecule has 0 bridgehead atoms. The summed E-state index contributed by atoms with van der Waals surface area (Å²) in [4.78, 5) is 16.2. The van der Waals surface area contributed by atoms with Gasteiger partial charge in [0.25, 0.3) is 5.91 Å². The molecule has 20 heavy (non-hydrogen) atoms. The number of hydrogen-bond acceptors (Lipinski definition) is 4. The maximum Gasteiger partial charge on any atom is 0.259 e. The fraction of sp³-hybridized carbons (Fsp3) is 0.308. The van der Waals surface area contributed by atoms with Crippen molar-refractivity contribution in [1.82, 2.24) is 15.2 Å². The second kappa shape index (κ2) is 5.68. The first-order chi connectivity index (χ1) is 9.52. The Balaban J connectivity index is 2.31. The summed E-state index contributed by atoms with van der Waals surface area (Å²) >= 11 is 0. The predicted octanol–water partition coefficient (Wildman–Crippen LogP) is 2.24. The molecule has 0 unspecified atom stereocenters. The van der Waals surface area contributed by atoms with Crippen LogP contribution in [0.4, 0.5) is 15.9 Å². The quantitative estimate of drug-likeness (QED) is 0.800. The molecule has 2 aromatic rings. The molecule has 0 saturated heterocycles. The largest absolute Gasteiger partial charge is 0.370 e. The number of rotatable bonds is 4. The van der Waals surface area contributed by atoms with E-state index in [0.717, 1.165) is 18.0 Å². The molecule has 0 spiro atoms. The molecule has 1 amide bonds. The zero-order valence-electron chi connectivity index (χ0n) is 11.5. The number of halogens is 1. The monoisotopic (exact) mass is 277 g/mol. The van der Waals surface area contributed by atoms with E-state index in [2.05, 4.69) is 25.8 Å². The van der Waals surface area contributed by atoms with Gasteiger partial charge in [-0.05, 0) is 26.8 Å². The first-order valence-corrected chi connectivity index (χ1v) is 6.25. The molecule has 0 atom stereocenters. The molecule has 106 valence electrons. The van der Waals surface area contributed by atoms with Crippen LogP contribution in [0.15, 0.2) is 12.3 Å². The van der Waals surface area contributed by atoms with Crippen LogP contribution < -0.4 is 10.6 Å². The zero-order chi connectivity index (χ0) is 14.7. The third kappa shape index (κ3) is 2.76. The Bertz CT molecular complexity index is 618. The number of pyridine rings is 1. The first kappa shape index (κ1) is 14.0. The van der Waals surface area contributed by atoms with Crippen LogP contribution in [-0.4, -0.2) is 27.6 Å². The molecule has 2 aromatic heterocycles. The number of hydrogen-bond donors (Lipinski definition) is 3.